The minimum Gasteiger partial charge on any atom is -0.309 e. The van der Waals surface area contributed by atoms with Crippen LogP contribution in [0, 0.1) is 19.7 Å². The van der Waals surface area contributed by atoms with Crippen LogP contribution in [-0.2, 0) is 6.54 Å². The van der Waals surface area contributed by atoms with Gasteiger partial charge in [-0.25, -0.2) is 4.39 Å². The van der Waals surface area contributed by atoms with Gasteiger partial charge in [-0.15, -0.1) is 0 Å². The van der Waals surface area contributed by atoms with Crippen molar-refractivity contribution in [2.45, 2.75) is 33.7 Å². The Morgan fingerprint density at radius 1 is 1.31 bits per heavy atom. The summed E-state index contributed by atoms with van der Waals surface area (Å²) in [5.74, 6) is -0.0956. The van der Waals surface area contributed by atoms with Gasteiger partial charge in [-0.1, -0.05) is 31.2 Å². The molecule has 0 unspecified atom stereocenters. The highest BCUT2D eigenvalue weighted by molar-refractivity contribution is 5.30. The first-order chi connectivity index (χ1) is 7.54. The Morgan fingerprint density at radius 2 is 1.88 bits per heavy atom. The summed E-state index contributed by atoms with van der Waals surface area (Å²) < 4.78 is 13.4. The molecular weight excluding hydrogens is 201 g/mol. The topological polar surface area (TPSA) is 12.0 Å². The number of nitrogens with one attached hydrogen (secondary N) is 1. The van der Waals surface area contributed by atoms with Gasteiger partial charge in [0.1, 0.15) is 5.82 Å². The molecule has 1 aromatic rings. The molecule has 0 aliphatic rings. The Kier molecular flexibility index (Phi) is 4.69. The molecule has 0 fully saturated rings. The van der Waals surface area contributed by atoms with Gasteiger partial charge in [0.2, 0.25) is 0 Å². The second kappa shape index (κ2) is 5.80. The fourth-order valence-corrected chi connectivity index (χ4v) is 1.65. The molecule has 1 rings (SSSR count). The summed E-state index contributed by atoms with van der Waals surface area (Å²) in [4.78, 5) is 0. The van der Waals surface area contributed by atoms with Crippen molar-refractivity contribution in [3.05, 3.63) is 46.8 Å². The van der Waals surface area contributed by atoms with E-state index in [9.17, 15) is 4.39 Å². The number of halogens is 1. The van der Waals surface area contributed by atoms with Crippen molar-refractivity contribution in [2.24, 2.45) is 0 Å². The van der Waals surface area contributed by atoms with E-state index < -0.39 is 0 Å². The van der Waals surface area contributed by atoms with Gasteiger partial charge in [0.15, 0.2) is 0 Å². The molecule has 2 heteroatoms. The van der Waals surface area contributed by atoms with Gasteiger partial charge < -0.3 is 5.32 Å². The van der Waals surface area contributed by atoms with Crippen LogP contribution in [0.2, 0.25) is 0 Å². The fourth-order valence-electron chi connectivity index (χ4n) is 1.65. The van der Waals surface area contributed by atoms with E-state index in [1.807, 2.05) is 12.1 Å². The number of aryl methyl sites for hydroxylation is 2. The molecule has 0 aliphatic carbocycles. The van der Waals surface area contributed by atoms with Crippen molar-refractivity contribution in [3.63, 3.8) is 0 Å². The molecule has 1 nitrogen and oxygen atoms in total. The van der Waals surface area contributed by atoms with Crippen molar-refractivity contribution in [1.29, 1.82) is 0 Å². The van der Waals surface area contributed by atoms with Crippen LogP contribution in [0.15, 0.2) is 24.3 Å². The van der Waals surface area contributed by atoms with Crippen LogP contribution in [0.3, 0.4) is 0 Å². The SMILES string of the molecule is C=C(CC)CNCc1cc(C)c(F)c(C)c1. The summed E-state index contributed by atoms with van der Waals surface area (Å²) in [6, 6.07) is 3.79. The van der Waals surface area contributed by atoms with Crippen LogP contribution in [-0.4, -0.2) is 6.54 Å². The molecule has 0 aliphatic heterocycles. The van der Waals surface area contributed by atoms with E-state index in [4.69, 9.17) is 0 Å². The molecule has 0 atom stereocenters. The monoisotopic (exact) mass is 221 g/mol. The van der Waals surface area contributed by atoms with E-state index in [2.05, 4.69) is 18.8 Å². The maximum Gasteiger partial charge on any atom is 0.129 e. The highest BCUT2D eigenvalue weighted by atomic mass is 19.1. The lowest BCUT2D eigenvalue weighted by Gasteiger charge is -2.09. The zero-order valence-electron chi connectivity index (χ0n) is 10.4. The van der Waals surface area contributed by atoms with Crippen molar-refractivity contribution >= 4 is 0 Å². The molecule has 0 saturated heterocycles. The Labute approximate surface area is 97.4 Å². The van der Waals surface area contributed by atoms with Crippen LogP contribution >= 0.6 is 0 Å². The summed E-state index contributed by atoms with van der Waals surface area (Å²) in [6.07, 6.45) is 0.995. The highest BCUT2D eigenvalue weighted by Crippen LogP contribution is 2.14. The van der Waals surface area contributed by atoms with Gasteiger partial charge in [-0.05, 0) is 37.0 Å². The van der Waals surface area contributed by atoms with Crippen LogP contribution in [0.5, 0.6) is 0 Å². The van der Waals surface area contributed by atoms with Crippen molar-refractivity contribution in [2.75, 3.05) is 6.54 Å². The van der Waals surface area contributed by atoms with E-state index in [-0.39, 0.29) is 5.82 Å². The Bertz CT molecular complexity index is 359. The quantitative estimate of drug-likeness (QED) is 0.750. The smallest absolute Gasteiger partial charge is 0.129 e. The first-order valence-electron chi connectivity index (χ1n) is 5.67. The minimum atomic E-state index is -0.0956. The molecule has 0 heterocycles. The lowest BCUT2D eigenvalue weighted by Crippen LogP contribution is -2.16. The molecule has 16 heavy (non-hydrogen) atoms. The van der Waals surface area contributed by atoms with E-state index >= 15 is 0 Å². The normalized spacial score (nSPS) is 10.5. The van der Waals surface area contributed by atoms with Gasteiger partial charge in [0.05, 0.1) is 0 Å². The van der Waals surface area contributed by atoms with Crippen LogP contribution in [0.25, 0.3) is 0 Å². The van der Waals surface area contributed by atoms with Crippen LogP contribution in [0.4, 0.5) is 4.39 Å². The third kappa shape index (κ3) is 3.46. The van der Waals surface area contributed by atoms with Crippen molar-refractivity contribution < 1.29 is 4.39 Å². The van der Waals surface area contributed by atoms with E-state index in [1.54, 1.807) is 13.8 Å². The van der Waals surface area contributed by atoms with Crippen molar-refractivity contribution in [1.82, 2.24) is 5.32 Å². The predicted molar refractivity (Wildman–Crippen MR) is 67.0 cm³/mol. The lowest BCUT2D eigenvalue weighted by atomic mass is 10.1. The molecule has 0 spiro atoms. The first-order valence-corrected chi connectivity index (χ1v) is 5.67. The summed E-state index contributed by atoms with van der Waals surface area (Å²) in [6.45, 7) is 11.2. The Hall–Kier alpha value is -1.15. The summed E-state index contributed by atoms with van der Waals surface area (Å²) in [7, 11) is 0. The molecule has 0 radical (unpaired) electrons. The number of hydrogen-bond donors (Lipinski definition) is 1. The highest BCUT2D eigenvalue weighted by Gasteiger charge is 2.03. The van der Waals surface area contributed by atoms with Gasteiger partial charge in [-0.3, -0.25) is 0 Å². The van der Waals surface area contributed by atoms with Gasteiger partial charge >= 0.3 is 0 Å². The first kappa shape index (κ1) is 12.9. The third-order valence-corrected chi connectivity index (χ3v) is 2.70. The Morgan fingerprint density at radius 3 is 2.38 bits per heavy atom. The molecule has 88 valence electrons. The minimum absolute atomic E-state index is 0.0956. The zero-order valence-corrected chi connectivity index (χ0v) is 10.4. The van der Waals surface area contributed by atoms with Gasteiger partial charge in [0.25, 0.3) is 0 Å². The van der Waals surface area contributed by atoms with Gasteiger partial charge in [-0.2, -0.15) is 0 Å². The van der Waals surface area contributed by atoms with E-state index in [1.165, 1.54) is 5.57 Å². The van der Waals surface area contributed by atoms with Crippen LogP contribution < -0.4 is 5.32 Å². The second-order valence-corrected chi connectivity index (χ2v) is 4.25. The molecule has 0 aromatic heterocycles. The Balaban J connectivity index is 2.58. The fraction of sp³-hybridized carbons (Fsp3) is 0.429. The standard InChI is InChI=1S/C14H20FN/c1-5-10(2)8-16-9-13-6-11(3)14(15)12(4)7-13/h6-7,16H,2,5,8-9H2,1,3-4H3. The maximum absolute atomic E-state index is 13.4. The molecular formula is C14H20FN. The summed E-state index contributed by atoms with van der Waals surface area (Å²) >= 11 is 0. The number of benzene rings is 1. The summed E-state index contributed by atoms with van der Waals surface area (Å²) in [5.41, 5.74) is 3.74. The summed E-state index contributed by atoms with van der Waals surface area (Å²) in [5, 5.41) is 3.30. The number of rotatable bonds is 5. The molecule has 1 N–H and O–H groups in total. The maximum atomic E-state index is 13.4. The molecule has 1 aromatic carbocycles. The van der Waals surface area contributed by atoms with E-state index in [0.717, 1.165) is 25.1 Å². The zero-order chi connectivity index (χ0) is 12.1. The average Bonchev–Trinajstić information content (AvgIpc) is 2.25. The largest absolute Gasteiger partial charge is 0.309 e. The lowest BCUT2D eigenvalue weighted by molar-refractivity contribution is 0.607. The second-order valence-electron chi connectivity index (χ2n) is 4.25. The average molecular weight is 221 g/mol. The number of hydrogen-bond acceptors (Lipinski definition) is 1. The molecule has 0 amide bonds. The van der Waals surface area contributed by atoms with Gasteiger partial charge in [0, 0.05) is 13.1 Å². The van der Waals surface area contributed by atoms with E-state index in [0.29, 0.717) is 11.1 Å². The van der Waals surface area contributed by atoms with Crippen molar-refractivity contribution in [3.8, 4) is 0 Å². The molecule has 0 saturated carbocycles. The third-order valence-electron chi connectivity index (χ3n) is 2.70. The predicted octanol–water partition coefficient (Wildman–Crippen LogP) is 3.50. The van der Waals surface area contributed by atoms with Crippen LogP contribution in [0.1, 0.15) is 30.0 Å². The molecule has 0 bridgehead atoms.